The Morgan fingerprint density at radius 3 is 2.60 bits per heavy atom. The summed E-state index contributed by atoms with van der Waals surface area (Å²) in [6.45, 7) is 2.99. The maximum Gasteiger partial charge on any atom is 0.414 e. The molecule has 1 amide bonds. The fourth-order valence-electron chi connectivity index (χ4n) is 3.64. The van der Waals surface area contributed by atoms with Gasteiger partial charge in [0.15, 0.2) is 6.10 Å². The number of carbonyl (C=O) groups excluding carboxylic acids is 1. The van der Waals surface area contributed by atoms with Crippen LogP contribution < -0.4 is 9.64 Å². The predicted molar refractivity (Wildman–Crippen MR) is 107 cm³/mol. The summed E-state index contributed by atoms with van der Waals surface area (Å²) >= 11 is 0. The van der Waals surface area contributed by atoms with Crippen LogP contribution >= 0.6 is 0 Å². The number of carboxylic acids is 1. The van der Waals surface area contributed by atoms with E-state index in [-0.39, 0.29) is 6.61 Å². The van der Waals surface area contributed by atoms with E-state index in [1.165, 1.54) is 0 Å². The molecule has 2 fully saturated rings. The third-order valence-corrected chi connectivity index (χ3v) is 5.11. The first-order chi connectivity index (χ1) is 14.5. The fourth-order valence-corrected chi connectivity index (χ4v) is 3.64. The van der Waals surface area contributed by atoms with Gasteiger partial charge in [-0.3, -0.25) is 4.90 Å². The highest BCUT2D eigenvalue weighted by atomic mass is 16.7. The molecular weight excluding hydrogens is 390 g/mol. The van der Waals surface area contributed by atoms with Crippen molar-refractivity contribution in [2.24, 2.45) is 0 Å². The number of anilines is 1. The highest BCUT2D eigenvalue weighted by Crippen LogP contribution is 2.35. The van der Waals surface area contributed by atoms with E-state index in [0.29, 0.717) is 43.1 Å². The molecule has 4 rings (SSSR count). The molecule has 2 aliphatic rings. The highest BCUT2D eigenvalue weighted by Gasteiger charge is 2.46. The number of cyclic esters (lactones) is 1. The van der Waals surface area contributed by atoms with Crippen molar-refractivity contribution >= 4 is 17.7 Å². The molecule has 8 nitrogen and oxygen atoms in total. The monoisotopic (exact) mass is 413 g/mol. The lowest BCUT2D eigenvalue weighted by atomic mass is 9.99. The summed E-state index contributed by atoms with van der Waals surface area (Å²) in [7, 11) is 0. The molecule has 2 saturated heterocycles. The zero-order valence-electron chi connectivity index (χ0n) is 16.6. The lowest BCUT2D eigenvalue weighted by molar-refractivity contribution is -0.273. The molecule has 1 atom stereocenters. The van der Waals surface area contributed by atoms with Crippen LogP contribution in [0.25, 0.3) is 0 Å². The minimum Gasteiger partial charge on any atom is -0.490 e. The number of hydrogen-bond donors (Lipinski definition) is 1. The van der Waals surface area contributed by atoms with Crippen LogP contribution in [0.15, 0.2) is 48.5 Å². The van der Waals surface area contributed by atoms with Gasteiger partial charge < -0.3 is 24.1 Å². The van der Waals surface area contributed by atoms with E-state index in [1.807, 2.05) is 30.3 Å². The maximum absolute atomic E-state index is 12.1. The van der Waals surface area contributed by atoms with E-state index in [0.717, 1.165) is 5.69 Å². The third-order valence-electron chi connectivity index (χ3n) is 5.11. The number of aliphatic carboxylic acids is 1. The van der Waals surface area contributed by atoms with Gasteiger partial charge in [-0.1, -0.05) is 18.2 Å². The van der Waals surface area contributed by atoms with Crippen LogP contribution in [-0.2, 0) is 24.8 Å². The lowest BCUT2D eigenvalue weighted by Crippen LogP contribution is -2.45. The average molecular weight is 413 g/mol. The molecule has 1 N–H and O–H groups in total. The second-order valence-electron chi connectivity index (χ2n) is 7.21. The Morgan fingerprint density at radius 1 is 1.20 bits per heavy atom. The molecule has 2 aliphatic heterocycles. The van der Waals surface area contributed by atoms with Crippen molar-refractivity contribution in [3.63, 3.8) is 0 Å². The molecule has 2 aromatic rings. The number of para-hydroxylation sites is 1. The van der Waals surface area contributed by atoms with Gasteiger partial charge in [0.2, 0.25) is 0 Å². The molecule has 158 valence electrons. The Kier molecular flexibility index (Phi) is 5.61. The molecule has 0 aliphatic carbocycles. The predicted octanol–water partition coefficient (Wildman–Crippen LogP) is 3.07. The smallest absolute Gasteiger partial charge is 0.414 e. The molecule has 0 saturated carbocycles. The minimum atomic E-state index is -1.79. The number of ether oxygens (including phenoxy) is 4. The Morgan fingerprint density at radius 2 is 1.93 bits per heavy atom. The number of rotatable bonds is 6. The van der Waals surface area contributed by atoms with Crippen molar-refractivity contribution < 1.29 is 33.6 Å². The van der Waals surface area contributed by atoms with Gasteiger partial charge in [0.1, 0.15) is 12.4 Å². The van der Waals surface area contributed by atoms with Crippen LogP contribution in [0.1, 0.15) is 17.5 Å². The number of nitrogens with zero attached hydrogens (tertiary/aromatic N) is 1. The van der Waals surface area contributed by atoms with E-state index in [2.05, 4.69) is 0 Å². The van der Waals surface area contributed by atoms with E-state index < -0.39 is 24.0 Å². The van der Waals surface area contributed by atoms with Crippen molar-refractivity contribution in [3.05, 3.63) is 59.7 Å². The van der Waals surface area contributed by atoms with Crippen LogP contribution in [-0.4, -0.2) is 49.6 Å². The van der Waals surface area contributed by atoms with Gasteiger partial charge in [-0.05, 0) is 49.2 Å². The Hall–Kier alpha value is -3.10. The number of carboxylic acid groups (broad SMARTS) is 1. The summed E-state index contributed by atoms with van der Waals surface area (Å²) in [5.74, 6) is -2.43. The first-order valence-corrected chi connectivity index (χ1v) is 9.78. The van der Waals surface area contributed by atoms with Crippen LogP contribution in [0.4, 0.5) is 10.5 Å². The van der Waals surface area contributed by atoms with Crippen LogP contribution in [0.5, 0.6) is 5.75 Å². The van der Waals surface area contributed by atoms with E-state index in [9.17, 15) is 14.7 Å². The SMILES string of the molecule is Cc1cc(OCC2CN(c3ccccc3)C(=O)O2)ccc1C1(C(=O)O)OCCCO1. The first kappa shape index (κ1) is 20.2. The zero-order chi connectivity index (χ0) is 21.1. The van der Waals surface area contributed by atoms with Gasteiger partial charge in [-0.15, -0.1) is 0 Å². The fraction of sp³-hybridized carbons (Fsp3) is 0.364. The van der Waals surface area contributed by atoms with Gasteiger partial charge in [0.25, 0.3) is 5.79 Å². The quantitative estimate of drug-likeness (QED) is 0.778. The van der Waals surface area contributed by atoms with Crippen molar-refractivity contribution in [3.8, 4) is 5.75 Å². The summed E-state index contributed by atoms with van der Waals surface area (Å²) < 4.78 is 22.2. The molecule has 8 heteroatoms. The van der Waals surface area contributed by atoms with Crippen molar-refractivity contribution in [1.82, 2.24) is 0 Å². The maximum atomic E-state index is 12.1. The average Bonchev–Trinajstić information content (AvgIpc) is 3.14. The zero-order valence-corrected chi connectivity index (χ0v) is 16.6. The standard InChI is InChI=1S/C22H23NO7/c1-15-12-17(8-9-19(15)22(20(24)25)28-10-5-11-29-22)27-14-18-13-23(21(26)30-18)16-6-3-2-4-7-16/h2-4,6-9,12,18H,5,10-11,13-14H2,1H3,(H,24,25). The molecule has 2 aromatic carbocycles. The van der Waals surface area contributed by atoms with Crippen LogP contribution in [0.3, 0.4) is 0 Å². The molecule has 0 bridgehead atoms. The van der Waals surface area contributed by atoms with Gasteiger partial charge in [-0.2, -0.15) is 0 Å². The van der Waals surface area contributed by atoms with Gasteiger partial charge >= 0.3 is 12.1 Å². The molecule has 1 unspecified atom stereocenters. The number of amides is 1. The van der Waals surface area contributed by atoms with Gasteiger partial charge in [0, 0.05) is 11.3 Å². The second kappa shape index (κ2) is 8.33. The molecule has 0 spiro atoms. The summed E-state index contributed by atoms with van der Waals surface area (Å²) in [5.41, 5.74) is 1.88. The lowest BCUT2D eigenvalue weighted by Gasteiger charge is -2.34. The Bertz CT molecular complexity index is 924. The Labute approximate surface area is 173 Å². The van der Waals surface area contributed by atoms with Crippen molar-refractivity contribution in [2.45, 2.75) is 25.2 Å². The summed E-state index contributed by atoms with van der Waals surface area (Å²) in [6, 6.07) is 14.3. The molecule has 30 heavy (non-hydrogen) atoms. The topological polar surface area (TPSA) is 94.5 Å². The summed E-state index contributed by atoms with van der Waals surface area (Å²) in [4.78, 5) is 25.6. The van der Waals surface area contributed by atoms with Crippen molar-refractivity contribution in [2.75, 3.05) is 31.3 Å². The largest absolute Gasteiger partial charge is 0.490 e. The normalized spacial score (nSPS) is 20.6. The molecule has 0 radical (unpaired) electrons. The minimum absolute atomic E-state index is 0.185. The molecular formula is C22H23NO7. The molecule has 2 heterocycles. The number of benzene rings is 2. The first-order valence-electron chi connectivity index (χ1n) is 9.78. The van der Waals surface area contributed by atoms with Crippen LogP contribution in [0.2, 0.25) is 0 Å². The van der Waals surface area contributed by atoms with Gasteiger partial charge in [0.05, 0.1) is 19.8 Å². The number of aryl methyl sites for hydroxylation is 1. The van der Waals surface area contributed by atoms with E-state index in [4.69, 9.17) is 18.9 Å². The number of hydrogen-bond acceptors (Lipinski definition) is 6. The van der Waals surface area contributed by atoms with Gasteiger partial charge in [-0.25, -0.2) is 9.59 Å². The summed E-state index contributed by atoms with van der Waals surface area (Å²) in [5, 5.41) is 9.69. The summed E-state index contributed by atoms with van der Waals surface area (Å²) in [6.07, 6.45) is -0.167. The van der Waals surface area contributed by atoms with Crippen molar-refractivity contribution in [1.29, 1.82) is 0 Å². The van der Waals surface area contributed by atoms with E-state index >= 15 is 0 Å². The Balaban J connectivity index is 1.42. The highest BCUT2D eigenvalue weighted by molar-refractivity contribution is 5.89. The molecule has 0 aromatic heterocycles. The van der Waals surface area contributed by atoms with Crippen LogP contribution in [0, 0.1) is 6.92 Å². The third kappa shape index (κ3) is 3.83. The number of carbonyl (C=O) groups is 2. The second-order valence-corrected chi connectivity index (χ2v) is 7.21. The van der Waals surface area contributed by atoms with E-state index in [1.54, 1.807) is 30.0 Å².